The van der Waals surface area contributed by atoms with Crippen molar-refractivity contribution in [1.82, 2.24) is 14.9 Å². The van der Waals surface area contributed by atoms with Crippen molar-refractivity contribution in [3.05, 3.63) is 82.3 Å². The van der Waals surface area contributed by atoms with Crippen molar-refractivity contribution in [2.75, 3.05) is 7.05 Å². The van der Waals surface area contributed by atoms with Gasteiger partial charge in [0.1, 0.15) is 17.3 Å². The smallest absolute Gasteiger partial charge is 0.255 e. The van der Waals surface area contributed by atoms with Crippen molar-refractivity contribution in [2.24, 2.45) is 4.99 Å². The zero-order chi connectivity index (χ0) is 22.9. The molecule has 0 bridgehead atoms. The number of hydrogen-bond acceptors (Lipinski definition) is 5. The van der Waals surface area contributed by atoms with E-state index in [1.54, 1.807) is 42.7 Å². The molecule has 0 N–H and O–H groups in total. The summed E-state index contributed by atoms with van der Waals surface area (Å²) in [7, 11) is 1.72. The Morgan fingerprint density at radius 3 is 2.88 bits per heavy atom. The Kier molecular flexibility index (Phi) is 5.31. The van der Waals surface area contributed by atoms with Crippen LogP contribution in [-0.4, -0.2) is 40.1 Å². The van der Waals surface area contributed by atoms with E-state index in [-0.39, 0.29) is 17.7 Å². The topological polar surface area (TPSA) is 72.0 Å². The Bertz CT molecular complexity index is 1330. The summed E-state index contributed by atoms with van der Waals surface area (Å²) in [6, 6.07) is 5.70. The van der Waals surface area contributed by atoms with Crippen LogP contribution in [0.1, 0.15) is 39.9 Å². The van der Waals surface area contributed by atoms with Gasteiger partial charge in [-0.05, 0) is 53.8 Å². The molecule has 1 saturated carbocycles. The Hall–Kier alpha value is -4.12. The lowest BCUT2D eigenvalue weighted by Crippen LogP contribution is -2.27. The molecule has 1 aromatic carbocycles. The van der Waals surface area contributed by atoms with E-state index in [2.05, 4.69) is 19.8 Å². The largest absolute Gasteiger partial charge is 0.488 e. The summed E-state index contributed by atoms with van der Waals surface area (Å²) in [5.41, 5.74) is 4.41. The molecule has 1 aliphatic heterocycles. The molecule has 2 aliphatic rings. The molecular formula is C25H20FN5O2. The molecule has 1 fully saturated rings. The number of benzene rings is 1. The third kappa shape index (κ3) is 4.30. The molecule has 0 saturated heterocycles. The van der Waals surface area contributed by atoms with E-state index in [4.69, 9.17) is 11.3 Å². The van der Waals surface area contributed by atoms with E-state index < -0.39 is 5.82 Å². The summed E-state index contributed by atoms with van der Waals surface area (Å²) >= 11 is 0. The number of hydrogen-bond donors (Lipinski definition) is 0. The number of rotatable bonds is 6. The molecule has 5 rings (SSSR count). The second kappa shape index (κ2) is 8.43. The fourth-order valence-corrected chi connectivity index (χ4v) is 3.78. The number of aliphatic imine (C=N–C) groups is 1. The predicted octanol–water partition coefficient (Wildman–Crippen LogP) is 4.58. The number of fused-ring (bicyclic) bond motifs is 1. The molecule has 0 unspecified atom stereocenters. The number of pyridine rings is 2. The van der Waals surface area contributed by atoms with Gasteiger partial charge in [-0.3, -0.25) is 19.8 Å². The van der Waals surface area contributed by atoms with Crippen molar-refractivity contribution < 1.29 is 13.9 Å². The summed E-state index contributed by atoms with van der Waals surface area (Å²) in [4.78, 5) is 31.1. The van der Waals surface area contributed by atoms with Crippen molar-refractivity contribution >= 4 is 17.8 Å². The van der Waals surface area contributed by atoms with Gasteiger partial charge in [0.15, 0.2) is 5.69 Å². The van der Waals surface area contributed by atoms with Crippen molar-refractivity contribution in [2.45, 2.75) is 32.0 Å². The Morgan fingerprint density at radius 2 is 2.09 bits per heavy atom. The molecule has 164 valence electrons. The summed E-state index contributed by atoms with van der Waals surface area (Å²) in [6.07, 6.45) is 8.69. The molecule has 0 spiro atoms. The lowest BCUT2D eigenvalue weighted by Gasteiger charge is -2.20. The molecule has 3 aromatic rings. The standard InChI is InChI=1S/C25H20FN5O2/c1-27-20-6-15(5-19(26)8-20)24-23(33-21-3-4-21)7-16(12-30-24)25(32)31(2)14-18-11-28-9-17-10-29-13-22(17)18/h5-12,21H,3-4,13-14H2,2H3. The monoisotopic (exact) mass is 441 g/mol. The molecule has 7 nitrogen and oxygen atoms in total. The first kappa shape index (κ1) is 20.8. The first-order chi connectivity index (χ1) is 16.0. The van der Waals surface area contributed by atoms with Crippen LogP contribution in [0.5, 0.6) is 5.75 Å². The lowest BCUT2D eigenvalue weighted by molar-refractivity contribution is 0.0783. The van der Waals surface area contributed by atoms with Crippen LogP contribution in [0, 0.1) is 12.4 Å². The van der Waals surface area contributed by atoms with Gasteiger partial charge in [-0.25, -0.2) is 9.24 Å². The Labute approximate surface area is 190 Å². The van der Waals surface area contributed by atoms with Crippen LogP contribution in [-0.2, 0) is 13.1 Å². The molecule has 33 heavy (non-hydrogen) atoms. The van der Waals surface area contributed by atoms with Gasteiger partial charge >= 0.3 is 0 Å². The number of carbonyl (C=O) groups excluding carboxylic acids is 1. The highest BCUT2D eigenvalue weighted by molar-refractivity contribution is 5.95. The number of amides is 1. The fourth-order valence-electron chi connectivity index (χ4n) is 3.78. The SMILES string of the molecule is [C-]#[N+]c1cc(F)cc(-c2ncc(C(=O)N(C)Cc3cncc4c3CN=C4)cc2OC2CC2)c1. The average Bonchev–Trinajstić information content (AvgIpc) is 3.50. The van der Waals surface area contributed by atoms with E-state index in [0.29, 0.717) is 35.7 Å². The van der Waals surface area contributed by atoms with Gasteiger partial charge < -0.3 is 9.64 Å². The second-order valence-electron chi connectivity index (χ2n) is 8.20. The van der Waals surface area contributed by atoms with Crippen LogP contribution in [0.4, 0.5) is 10.1 Å². The molecular weight excluding hydrogens is 421 g/mol. The summed E-state index contributed by atoms with van der Waals surface area (Å²) < 4.78 is 20.0. The Balaban J connectivity index is 1.44. The normalized spacial score (nSPS) is 14.0. The van der Waals surface area contributed by atoms with E-state index >= 15 is 0 Å². The van der Waals surface area contributed by atoms with E-state index in [1.165, 1.54) is 18.3 Å². The molecule has 8 heteroatoms. The number of aromatic nitrogens is 2. The van der Waals surface area contributed by atoms with Crippen molar-refractivity contribution in [1.29, 1.82) is 0 Å². The highest BCUT2D eigenvalue weighted by Crippen LogP contribution is 2.36. The highest BCUT2D eigenvalue weighted by atomic mass is 19.1. The number of nitrogens with zero attached hydrogens (tertiary/aromatic N) is 5. The van der Waals surface area contributed by atoms with Crippen LogP contribution in [0.3, 0.4) is 0 Å². The van der Waals surface area contributed by atoms with Crippen molar-refractivity contribution in [3.8, 4) is 17.0 Å². The zero-order valence-corrected chi connectivity index (χ0v) is 18.0. The maximum absolute atomic E-state index is 14.0. The predicted molar refractivity (Wildman–Crippen MR) is 121 cm³/mol. The van der Waals surface area contributed by atoms with Gasteiger partial charge in [-0.15, -0.1) is 0 Å². The van der Waals surface area contributed by atoms with Crippen LogP contribution in [0.2, 0.25) is 0 Å². The van der Waals surface area contributed by atoms with E-state index in [9.17, 15) is 9.18 Å². The first-order valence-electron chi connectivity index (χ1n) is 10.6. The minimum absolute atomic E-state index is 0.0560. The zero-order valence-electron chi connectivity index (χ0n) is 18.0. The quantitative estimate of drug-likeness (QED) is 0.525. The fraction of sp³-hybridized carbons (Fsp3) is 0.240. The van der Waals surface area contributed by atoms with Crippen LogP contribution >= 0.6 is 0 Å². The van der Waals surface area contributed by atoms with Gasteiger partial charge in [0, 0.05) is 44.0 Å². The third-order valence-electron chi connectivity index (χ3n) is 5.62. The molecule has 0 atom stereocenters. The van der Waals surface area contributed by atoms with Gasteiger partial charge in [0.05, 0.1) is 24.8 Å². The average molecular weight is 441 g/mol. The number of carbonyl (C=O) groups is 1. The molecule has 1 amide bonds. The highest BCUT2D eigenvalue weighted by Gasteiger charge is 2.27. The molecule has 3 heterocycles. The summed E-state index contributed by atoms with van der Waals surface area (Å²) in [5.74, 6) is -0.327. The minimum Gasteiger partial charge on any atom is -0.488 e. The van der Waals surface area contributed by atoms with Crippen LogP contribution in [0.15, 0.2) is 47.8 Å². The van der Waals surface area contributed by atoms with Crippen molar-refractivity contribution in [3.63, 3.8) is 0 Å². The molecule has 2 aromatic heterocycles. The van der Waals surface area contributed by atoms with E-state index in [0.717, 1.165) is 29.5 Å². The minimum atomic E-state index is -0.523. The van der Waals surface area contributed by atoms with Crippen LogP contribution in [0.25, 0.3) is 16.1 Å². The third-order valence-corrected chi connectivity index (χ3v) is 5.62. The van der Waals surface area contributed by atoms with E-state index in [1.807, 2.05) is 0 Å². The maximum Gasteiger partial charge on any atom is 0.255 e. The van der Waals surface area contributed by atoms with Gasteiger partial charge in [-0.2, -0.15) is 0 Å². The summed E-state index contributed by atoms with van der Waals surface area (Å²) in [5, 5.41) is 0. The number of ether oxygens (including phenoxy) is 1. The van der Waals surface area contributed by atoms with Gasteiger partial charge in [0.2, 0.25) is 0 Å². The lowest BCUT2D eigenvalue weighted by atomic mass is 10.1. The Morgan fingerprint density at radius 1 is 1.24 bits per heavy atom. The first-order valence-corrected chi connectivity index (χ1v) is 10.6. The molecule has 1 aliphatic carbocycles. The maximum atomic E-state index is 14.0. The van der Waals surface area contributed by atoms with Gasteiger partial charge in [0.25, 0.3) is 5.91 Å². The summed E-state index contributed by atoms with van der Waals surface area (Å²) in [6.45, 7) is 8.17. The van der Waals surface area contributed by atoms with Crippen LogP contribution < -0.4 is 4.74 Å². The van der Waals surface area contributed by atoms with Gasteiger partial charge in [-0.1, -0.05) is 0 Å². The molecule has 0 radical (unpaired) electrons. The number of halogens is 1. The second-order valence-corrected chi connectivity index (χ2v) is 8.20.